The monoisotopic (exact) mass is 464 g/mol. The van der Waals surface area contributed by atoms with Gasteiger partial charge in [-0.1, -0.05) is 47.6 Å². The van der Waals surface area contributed by atoms with Gasteiger partial charge in [0.25, 0.3) is 0 Å². The van der Waals surface area contributed by atoms with Crippen molar-refractivity contribution in [3.05, 3.63) is 23.8 Å². The van der Waals surface area contributed by atoms with Gasteiger partial charge in [-0.3, -0.25) is 4.79 Å². The smallest absolute Gasteiger partial charge is 0.341 e. The number of hydrogen-bond donors (Lipinski definition) is 3. The van der Waals surface area contributed by atoms with E-state index >= 15 is 0 Å². The Kier molecular flexibility index (Phi) is 7.31. The van der Waals surface area contributed by atoms with E-state index in [2.05, 4.69) is 27.4 Å². The third-order valence-electron chi connectivity index (χ3n) is 8.46. The van der Waals surface area contributed by atoms with E-state index in [1.807, 2.05) is 13.8 Å². The molecule has 3 unspecified atom stereocenters. The zero-order valence-corrected chi connectivity index (χ0v) is 20.6. The molecule has 2 aliphatic carbocycles. The predicted molar refractivity (Wildman–Crippen MR) is 123 cm³/mol. The van der Waals surface area contributed by atoms with Crippen LogP contribution in [0.5, 0.6) is 0 Å². The fourth-order valence-corrected chi connectivity index (χ4v) is 5.93. The summed E-state index contributed by atoms with van der Waals surface area (Å²) in [5.74, 6) is -0.525. The van der Waals surface area contributed by atoms with Gasteiger partial charge in [-0.05, 0) is 60.7 Å². The second-order valence-electron chi connectivity index (χ2n) is 10.9. The molecule has 33 heavy (non-hydrogen) atoms. The summed E-state index contributed by atoms with van der Waals surface area (Å²) in [4.78, 5) is 26.1. The molecule has 0 spiro atoms. The highest BCUT2D eigenvalue weighted by Gasteiger charge is 2.74. The fraction of sp³-hybridized carbons (Fsp3) is 0.769. The molecule has 0 radical (unpaired) electrons. The van der Waals surface area contributed by atoms with Crippen LogP contribution in [0.1, 0.15) is 66.7 Å². The molecule has 1 saturated carbocycles. The van der Waals surface area contributed by atoms with Crippen LogP contribution in [-0.2, 0) is 19.1 Å². The molecule has 3 aliphatic rings. The van der Waals surface area contributed by atoms with Crippen molar-refractivity contribution in [2.24, 2.45) is 23.2 Å². The van der Waals surface area contributed by atoms with Crippen LogP contribution >= 0.6 is 0 Å². The van der Waals surface area contributed by atoms with Crippen molar-refractivity contribution in [2.75, 3.05) is 13.2 Å². The summed E-state index contributed by atoms with van der Waals surface area (Å²) in [7, 11) is 0. The van der Waals surface area contributed by atoms with Gasteiger partial charge < -0.3 is 24.8 Å². The lowest BCUT2D eigenvalue weighted by molar-refractivity contribution is -0.178. The Morgan fingerprint density at radius 3 is 2.58 bits per heavy atom. The van der Waals surface area contributed by atoms with Gasteiger partial charge in [0, 0.05) is 5.41 Å². The molecule has 0 aromatic carbocycles. The average Bonchev–Trinajstić information content (AvgIpc) is 3.55. The van der Waals surface area contributed by atoms with Gasteiger partial charge in [0.05, 0.1) is 13.2 Å². The van der Waals surface area contributed by atoms with E-state index < -0.39 is 41.4 Å². The number of epoxide rings is 1. The minimum Gasteiger partial charge on any atom is -0.456 e. The van der Waals surface area contributed by atoms with Gasteiger partial charge in [0.15, 0.2) is 17.0 Å². The topological polar surface area (TPSA) is 117 Å². The number of aliphatic hydroxyl groups excluding tert-OH is 2. The number of aliphatic hydroxyl groups is 3. The molecule has 0 amide bonds. The van der Waals surface area contributed by atoms with Gasteiger partial charge in [-0.15, -0.1) is 0 Å². The van der Waals surface area contributed by atoms with Crippen LogP contribution < -0.4 is 0 Å². The molecule has 7 nitrogen and oxygen atoms in total. The van der Waals surface area contributed by atoms with E-state index in [0.717, 1.165) is 19.3 Å². The van der Waals surface area contributed by atoms with Gasteiger partial charge in [0.2, 0.25) is 0 Å². The van der Waals surface area contributed by atoms with Crippen LogP contribution in [0.2, 0.25) is 0 Å². The number of carbonyl (C=O) groups is 2. The number of rotatable bonds is 10. The van der Waals surface area contributed by atoms with Crippen LogP contribution in [0.15, 0.2) is 23.8 Å². The predicted octanol–water partition coefficient (Wildman–Crippen LogP) is 2.72. The molecule has 7 heteroatoms. The summed E-state index contributed by atoms with van der Waals surface area (Å²) in [5.41, 5.74) is -2.75. The highest BCUT2D eigenvalue weighted by atomic mass is 16.6. The number of ether oxygens (including phenoxy) is 2. The normalized spacial score (nSPS) is 36.5. The maximum Gasteiger partial charge on any atom is 0.341 e. The quantitative estimate of drug-likeness (QED) is 0.259. The molecule has 1 heterocycles. The summed E-state index contributed by atoms with van der Waals surface area (Å²) in [6.45, 7) is 13.0. The molecule has 0 bridgehead atoms. The molecule has 1 aliphatic heterocycles. The first-order valence-corrected chi connectivity index (χ1v) is 12.2. The van der Waals surface area contributed by atoms with Gasteiger partial charge in [-0.25, -0.2) is 4.79 Å². The molecule has 0 aromatic heterocycles. The minimum atomic E-state index is -1.99. The van der Waals surface area contributed by atoms with Crippen LogP contribution in [0, 0.1) is 23.2 Å². The Morgan fingerprint density at radius 1 is 1.33 bits per heavy atom. The van der Waals surface area contributed by atoms with Crippen molar-refractivity contribution in [3.8, 4) is 0 Å². The highest BCUT2D eigenvalue weighted by Crippen LogP contribution is 2.63. The van der Waals surface area contributed by atoms with Crippen molar-refractivity contribution in [1.82, 2.24) is 0 Å². The van der Waals surface area contributed by atoms with E-state index in [4.69, 9.17) is 9.47 Å². The summed E-state index contributed by atoms with van der Waals surface area (Å²) < 4.78 is 11.7. The van der Waals surface area contributed by atoms with E-state index in [0.29, 0.717) is 23.5 Å². The number of fused-ring (bicyclic) bond motifs is 3. The zero-order chi connectivity index (χ0) is 24.8. The first kappa shape index (κ1) is 26.1. The third kappa shape index (κ3) is 4.22. The van der Waals surface area contributed by atoms with Gasteiger partial charge in [-0.2, -0.15) is 0 Å². The Morgan fingerprint density at radius 2 is 2.00 bits per heavy atom. The maximum absolute atomic E-state index is 13.1. The molecule has 8 atom stereocenters. The summed E-state index contributed by atoms with van der Waals surface area (Å²) in [6, 6.07) is 0. The number of carbonyl (C=O) groups excluding carboxylic acids is 2. The molecular formula is C26H40O7. The van der Waals surface area contributed by atoms with E-state index in [1.54, 1.807) is 0 Å². The van der Waals surface area contributed by atoms with Crippen molar-refractivity contribution in [1.29, 1.82) is 0 Å². The highest BCUT2D eigenvalue weighted by molar-refractivity contribution is 6.05. The Bertz CT molecular complexity index is 834. The lowest BCUT2D eigenvalue weighted by Gasteiger charge is -2.47. The molecule has 0 aromatic rings. The standard InChI is InChI=1S/C26H40O7/c1-7-15(2)10-16(3)12-25(31,14-28)23(30)32-20-9-8-17(4)24(6)19(20)11-21(29)26(18(5)13-27)22(24)33-26/h11,15-17,20,22,27-28,31H,5,7-10,12-14H2,1-4,6H3/t15?,16?,17-,20+,22+,24+,25?,26-/m0/s1. The van der Waals surface area contributed by atoms with Crippen LogP contribution in [0.4, 0.5) is 0 Å². The van der Waals surface area contributed by atoms with Crippen molar-refractivity contribution < 1.29 is 34.4 Å². The molecule has 3 N–H and O–H groups in total. The summed E-state index contributed by atoms with van der Waals surface area (Å²) in [5, 5.41) is 30.5. The van der Waals surface area contributed by atoms with E-state index in [-0.39, 0.29) is 30.6 Å². The fourth-order valence-electron chi connectivity index (χ4n) is 5.93. The third-order valence-corrected chi connectivity index (χ3v) is 8.46. The molecule has 1 saturated heterocycles. The van der Waals surface area contributed by atoms with Crippen molar-refractivity contribution in [2.45, 2.75) is 90.1 Å². The number of ketones is 1. The second-order valence-corrected chi connectivity index (χ2v) is 10.9. The first-order valence-electron chi connectivity index (χ1n) is 12.2. The van der Waals surface area contributed by atoms with Crippen LogP contribution in [-0.4, -0.2) is 63.7 Å². The zero-order valence-electron chi connectivity index (χ0n) is 20.6. The minimum absolute atomic E-state index is 0.0294. The van der Waals surface area contributed by atoms with Gasteiger partial charge in [0.1, 0.15) is 12.2 Å². The SMILES string of the molecule is C=C(CO)[C@@]12O[C@@H]1[C@@]1(C)C(=CC2=O)[C@H](OC(=O)C(O)(CO)CC(C)CC(C)CC)CC[C@@H]1C. The van der Waals surface area contributed by atoms with Gasteiger partial charge >= 0.3 is 5.97 Å². The largest absolute Gasteiger partial charge is 0.456 e. The lowest BCUT2D eigenvalue weighted by Crippen LogP contribution is -2.53. The average molecular weight is 465 g/mol. The Labute approximate surface area is 196 Å². The lowest BCUT2D eigenvalue weighted by atomic mass is 9.57. The van der Waals surface area contributed by atoms with Crippen molar-refractivity contribution in [3.63, 3.8) is 0 Å². The molecular weight excluding hydrogens is 424 g/mol. The van der Waals surface area contributed by atoms with Crippen molar-refractivity contribution >= 4 is 11.8 Å². The Hall–Kier alpha value is -1.54. The number of hydrogen-bond acceptors (Lipinski definition) is 7. The van der Waals surface area contributed by atoms with E-state index in [9.17, 15) is 24.9 Å². The molecule has 3 rings (SSSR count). The molecule has 186 valence electrons. The maximum atomic E-state index is 13.1. The summed E-state index contributed by atoms with van der Waals surface area (Å²) in [6.07, 6.45) is 3.53. The summed E-state index contributed by atoms with van der Waals surface area (Å²) >= 11 is 0. The Balaban J connectivity index is 1.82. The van der Waals surface area contributed by atoms with E-state index in [1.165, 1.54) is 6.08 Å². The second kappa shape index (κ2) is 9.25. The number of esters is 1. The molecule has 2 fully saturated rings. The first-order chi connectivity index (χ1) is 15.4. The van der Waals surface area contributed by atoms with Crippen LogP contribution in [0.25, 0.3) is 0 Å². The van der Waals surface area contributed by atoms with Crippen LogP contribution in [0.3, 0.4) is 0 Å².